The lowest BCUT2D eigenvalue weighted by Gasteiger charge is -2.27. The smallest absolute Gasteiger partial charge is 0.226 e. The van der Waals surface area contributed by atoms with Crippen molar-refractivity contribution in [2.75, 3.05) is 19.8 Å². The molecule has 4 nitrogen and oxygen atoms in total. The lowest BCUT2D eigenvalue weighted by atomic mass is 9.82. The number of rotatable bonds is 8. The van der Waals surface area contributed by atoms with Gasteiger partial charge in [0, 0.05) is 18.6 Å². The summed E-state index contributed by atoms with van der Waals surface area (Å²) in [4.78, 5) is 12.3. The highest BCUT2D eigenvalue weighted by atomic mass is 16.7. The van der Waals surface area contributed by atoms with Crippen molar-refractivity contribution in [3.8, 4) is 0 Å². The van der Waals surface area contributed by atoms with Gasteiger partial charge in [-0.2, -0.15) is 0 Å². The van der Waals surface area contributed by atoms with Crippen LogP contribution >= 0.6 is 0 Å². The molecule has 1 aliphatic rings. The van der Waals surface area contributed by atoms with Gasteiger partial charge in [0.15, 0.2) is 6.29 Å². The molecule has 1 amide bonds. The van der Waals surface area contributed by atoms with Crippen LogP contribution in [-0.4, -0.2) is 32.0 Å². The first-order valence-corrected chi connectivity index (χ1v) is 7.20. The molecule has 0 spiro atoms. The fourth-order valence-electron chi connectivity index (χ4n) is 2.69. The summed E-state index contributed by atoms with van der Waals surface area (Å²) < 4.78 is 10.9. The van der Waals surface area contributed by atoms with E-state index in [-0.39, 0.29) is 17.6 Å². The minimum atomic E-state index is -0.320. The van der Waals surface area contributed by atoms with Crippen molar-refractivity contribution < 1.29 is 14.3 Å². The van der Waals surface area contributed by atoms with Crippen LogP contribution in [0.25, 0.3) is 0 Å². The second-order valence-electron chi connectivity index (χ2n) is 4.89. The van der Waals surface area contributed by atoms with Gasteiger partial charge >= 0.3 is 0 Å². The molecule has 1 N–H and O–H groups in total. The monoisotopic (exact) mass is 257 g/mol. The molecule has 1 fully saturated rings. The van der Waals surface area contributed by atoms with E-state index in [4.69, 9.17) is 9.47 Å². The highest BCUT2D eigenvalue weighted by Crippen LogP contribution is 2.41. The minimum Gasteiger partial charge on any atom is -0.351 e. The molecular weight excluding hydrogens is 230 g/mol. The number of ether oxygens (including phenoxy) is 2. The van der Waals surface area contributed by atoms with Crippen molar-refractivity contribution in [1.29, 1.82) is 0 Å². The van der Waals surface area contributed by atoms with Crippen molar-refractivity contribution in [2.24, 2.45) is 5.41 Å². The van der Waals surface area contributed by atoms with E-state index in [0.717, 1.165) is 19.3 Å². The largest absolute Gasteiger partial charge is 0.351 e. The summed E-state index contributed by atoms with van der Waals surface area (Å²) >= 11 is 0. The molecule has 0 saturated heterocycles. The van der Waals surface area contributed by atoms with Gasteiger partial charge in [0.1, 0.15) is 0 Å². The van der Waals surface area contributed by atoms with Crippen LogP contribution in [0.4, 0.5) is 0 Å². The Labute approximate surface area is 110 Å². The molecular formula is C14H27NO3. The van der Waals surface area contributed by atoms with Crippen LogP contribution in [0.1, 0.15) is 52.9 Å². The topological polar surface area (TPSA) is 47.6 Å². The highest BCUT2D eigenvalue weighted by molar-refractivity contribution is 5.82. The van der Waals surface area contributed by atoms with Gasteiger partial charge in [-0.15, -0.1) is 0 Å². The Kier molecular flexibility index (Phi) is 6.65. The van der Waals surface area contributed by atoms with E-state index in [1.54, 1.807) is 0 Å². The van der Waals surface area contributed by atoms with Crippen LogP contribution in [0.5, 0.6) is 0 Å². The Morgan fingerprint density at radius 2 is 1.72 bits per heavy atom. The second kappa shape index (κ2) is 7.74. The Morgan fingerprint density at radius 1 is 1.17 bits per heavy atom. The molecule has 0 atom stereocenters. The van der Waals surface area contributed by atoms with E-state index in [1.165, 1.54) is 12.8 Å². The zero-order valence-corrected chi connectivity index (χ0v) is 12.0. The van der Waals surface area contributed by atoms with Gasteiger partial charge in [-0.25, -0.2) is 0 Å². The zero-order chi connectivity index (χ0) is 13.4. The molecule has 4 heteroatoms. The third kappa shape index (κ3) is 3.95. The molecule has 106 valence electrons. The molecule has 0 aromatic carbocycles. The van der Waals surface area contributed by atoms with Gasteiger partial charge in [0.2, 0.25) is 5.91 Å². The summed E-state index contributed by atoms with van der Waals surface area (Å²) in [5, 5.41) is 3.00. The van der Waals surface area contributed by atoms with Crippen LogP contribution < -0.4 is 5.32 Å². The predicted octanol–water partition coefficient (Wildman–Crippen LogP) is 2.47. The van der Waals surface area contributed by atoms with E-state index in [9.17, 15) is 4.79 Å². The molecule has 0 aromatic heterocycles. The molecule has 0 aromatic rings. The number of nitrogens with one attached hydrogen (secondary N) is 1. The van der Waals surface area contributed by atoms with Crippen molar-refractivity contribution >= 4 is 5.91 Å². The first-order chi connectivity index (χ1) is 8.68. The summed E-state index contributed by atoms with van der Waals surface area (Å²) in [7, 11) is 0. The number of amides is 1. The zero-order valence-electron chi connectivity index (χ0n) is 12.0. The van der Waals surface area contributed by atoms with Crippen LogP contribution in [0.15, 0.2) is 0 Å². The second-order valence-corrected chi connectivity index (χ2v) is 4.89. The van der Waals surface area contributed by atoms with Gasteiger partial charge in [0.25, 0.3) is 0 Å². The molecule has 0 aliphatic heterocycles. The number of carbonyl (C=O) groups is 1. The predicted molar refractivity (Wildman–Crippen MR) is 71.2 cm³/mol. The quantitative estimate of drug-likeness (QED) is 0.680. The summed E-state index contributed by atoms with van der Waals surface area (Å²) in [6.07, 6.45) is 4.97. The lowest BCUT2D eigenvalue weighted by molar-refractivity contribution is -0.145. The van der Waals surface area contributed by atoms with E-state index in [1.807, 2.05) is 13.8 Å². The minimum absolute atomic E-state index is 0.136. The maximum atomic E-state index is 12.3. The van der Waals surface area contributed by atoms with Gasteiger partial charge in [-0.05, 0) is 33.1 Å². The van der Waals surface area contributed by atoms with Crippen molar-refractivity contribution in [3.05, 3.63) is 0 Å². The molecule has 18 heavy (non-hydrogen) atoms. The molecule has 0 heterocycles. The van der Waals surface area contributed by atoms with Gasteiger partial charge in [0.05, 0.1) is 6.54 Å². The number of hydrogen-bond acceptors (Lipinski definition) is 3. The maximum Gasteiger partial charge on any atom is 0.226 e. The molecule has 0 unspecified atom stereocenters. The summed E-state index contributed by atoms with van der Waals surface area (Å²) in [5.74, 6) is 0.173. The number of hydrogen-bond donors (Lipinski definition) is 1. The molecule has 0 bridgehead atoms. The fraction of sp³-hybridized carbons (Fsp3) is 0.929. The van der Waals surface area contributed by atoms with Crippen molar-refractivity contribution in [1.82, 2.24) is 5.32 Å². The molecule has 1 aliphatic carbocycles. The van der Waals surface area contributed by atoms with Crippen molar-refractivity contribution in [2.45, 2.75) is 59.2 Å². The van der Waals surface area contributed by atoms with E-state index < -0.39 is 0 Å². The SMILES string of the molecule is CCOC(CNC(=O)C1(CC)CCCC1)OCC. The highest BCUT2D eigenvalue weighted by Gasteiger charge is 2.39. The third-order valence-electron chi connectivity index (χ3n) is 3.85. The summed E-state index contributed by atoms with van der Waals surface area (Å²) in [6, 6.07) is 0. The lowest BCUT2D eigenvalue weighted by Crippen LogP contribution is -2.43. The van der Waals surface area contributed by atoms with Crippen LogP contribution in [0.2, 0.25) is 0 Å². The van der Waals surface area contributed by atoms with Crippen LogP contribution in [0, 0.1) is 5.41 Å². The first kappa shape index (κ1) is 15.4. The average molecular weight is 257 g/mol. The normalized spacial score (nSPS) is 18.2. The Bertz CT molecular complexity index is 243. The van der Waals surface area contributed by atoms with Gasteiger partial charge < -0.3 is 14.8 Å². The molecule has 1 saturated carbocycles. The first-order valence-electron chi connectivity index (χ1n) is 7.20. The Morgan fingerprint density at radius 3 is 2.17 bits per heavy atom. The van der Waals surface area contributed by atoms with Gasteiger partial charge in [-0.3, -0.25) is 4.79 Å². The van der Waals surface area contributed by atoms with Gasteiger partial charge in [-0.1, -0.05) is 19.8 Å². The third-order valence-corrected chi connectivity index (χ3v) is 3.85. The van der Waals surface area contributed by atoms with E-state index >= 15 is 0 Å². The fourth-order valence-corrected chi connectivity index (χ4v) is 2.69. The van der Waals surface area contributed by atoms with Crippen LogP contribution in [-0.2, 0) is 14.3 Å². The Hall–Kier alpha value is -0.610. The molecule has 0 radical (unpaired) electrons. The van der Waals surface area contributed by atoms with Crippen LogP contribution in [0.3, 0.4) is 0 Å². The molecule has 1 rings (SSSR count). The number of carbonyl (C=O) groups excluding carboxylic acids is 1. The maximum absolute atomic E-state index is 12.3. The standard InChI is InChI=1S/C14H27NO3/c1-4-14(9-7-8-10-14)13(16)15-11-12(17-5-2)18-6-3/h12H,4-11H2,1-3H3,(H,15,16). The Balaban J connectivity index is 2.42. The van der Waals surface area contributed by atoms with E-state index in [2.05, 4.69) is 12.2 Å². The summed E-state index contributed by atoms with van der Waals surface area (Å²) in [6.45, 7) is 7.60. The summed E-state index contributed by atoms with van der Waals surface area (Å²) in [5.41, 5.74) is -0.136. The van der Waals surface area contributed by atoms with E-state index in [0.29, 0.717) is 19.8 Å². The average Bonchev–Trinajstić information content (AvgIpc) is 2.86. The van der Waals surface area contributed by atoms with Crippen molar-refractivity contribution in [3.63, 3.8) is 0 Å².